The van der Waals surface area contributed by atoms with Gasteiger partial charge in [0.05, 0.1) is 2.74 Å². The predicted octanol–water partition coefficient (Wildman–Crippen LogP) is 5.10. The molecule has 24 heavy (non-hydrogen) atoms. The van der Waals surface area contributed by atoms with Crippen molar-refractivity contribution in [1.82, 2.24) is 4.90 Å². The smallest absolute Gasteiger partial charge is 0.115 e. The minimum absolute atomic E-state index is 0.534. The van der Waals surface area contributed by atoms with E-state index in [2.05, 4.69) is 0 Å². The van der Waals surface area contributed by atoms with Gasteiger partial charge in [0.25, 0.3) is 0 Å². The molecule has 1 aliphatic heterocycles. The van der Waals surface area contributed by atoms with Crippen LogP contribution in [0.3, 0.4) is 0 Å². The standard InChI is InChI=1S/C21H26ClNO/c1-21(17-7-4-3-5-8-17,18-10-12-19(22)13-11-18)24-16-14-20-9-6-15-23(20)2/h3-5,7-8,10-13,20H,6,9,14-16H2,1-2H3/t20-,21+/m1/s1/i14D2,16D2. The fraction of sp³-hybridized carbons (Fsp3) is 0.429. The lowest BCUT2D eigenvalue weighted by Gasteiger charge is -2.32. The highest BCUT2D eigenvalue weighted by Crippen LogP contribution is 2.34. The van der Waals surface area contributed by atoms with Crippen LogP contribution in [0.1, 0.15) is 42.7 Å². The van der Waals surface area contributed by atoms with Crippen LogP contribution in [0.2, 0.25) is 5.02 Å². The Morgan fingerprint density at radius 1 is 1.17 bits per heavy atom. The SMILES string of the molecule is [2H]C([2H])(O[C@@](C)(c1ccccc1)c1ccc(Cl)cc1)C([2H])([2H])[C@H]1CCCN1C. The fourth-order valence-electron chi connectivity index (χ4n) is 3.10. The number of hydrogen-bond donors (Lipinski definition) is 0. The molecule has 2 aromatic carbocycles. The number of likely N-dealkylation sites (tertiary alicyclic amines) is 1. The van der Waals surface area contributed by atoms with Gasteiger partial charge >= 0.3 is 0 Å². The third-order valence-electron chi connectivity index (χ3n) is 4.72. The van der Waals surface area contributed by atoms with Crippen molar-refractivity contribution >= 4 is 11.6 Å². The first-order chi connectivity index (χ1) is 13.1. The molecule has 0 N–H and O–H groups in total. The second-order valence-electron chi connectivity index (χ2n) is 6.39. The van der Waals surface area contributed by atoms with Gasteiger partial charge in [-0.25, -0.2) is 0 Å². The van der Waals surface area contributed by atoms with Crippen LogP contribution in [0.4, 0.5) is 0 Å². The summed E-state index contributed by atoms with van der Waals surface area (Å²) in [5.74, 6) is 0. The topological polar surface area (TPSA) is 12.5 Å². The summed E-state index contributed by atoms with van der Waals surface area (Å²) in [5.41, 5.74) is 0.277. The second-order valence-corrected chi connectivity index (χ2v) is 6.83. The highest BCUT2D eigenvalue weighted by molar-refractivity contribution is 6.30. The van der Waals surface area contributed by atoms with E-state index in [9.17, 15) is 0 Å². The minimum atomic E-state index is -2.51. The number of rotatable bonds is 6. The molecule has 0 unspecified atom stereocenters. The van der Waals surface area contributed by atoms with E-state index in [1.165, 1.54) is 0 Å². The van der Waals surface area contributed by atoms with Crippen molar-refractivity contribution in [1.29, 1.82) is 0 Å². The van der Waals surface area contributed by atoms with Crippen LogP contribution >= 0.6 is 11.6 Å². The average Bonchev–Trinajstić information content (AvgIpc) is 3.09. The highest BCUT2D eigenvalue weighted by atomic mass is 35.5. The summed E-state index contributed by atoms with van der Waals surface area (Å²) in [4.78, 5) is 1.88. The molecule has 2 atom stereocenters. The van der Waals surface area contributed by atoms with E-state index in [0.717, 1.165) is 18.5 Å². The molecule has 3 heteroatoms. The van der Waals surface area contributed by atoms with Crippen LogP contribution in [0.5, 0.6) is 0 Å². The van der Waals surface area contributed by atoms with Crippen molar-refractivity contribution in [3.8, 4) is 0 Å². The minimum Gasteiger partial charge on any atom is -0.366 e. The lowest BCUT2D eigenvalue weighted by molar-refractivity contribution is -0.0117. The third-order valence-corrected chi connectivity index (χ3v) is 4.97. The molecule has 0 spiro atoms. The molecule has 0 aromatic heterocycles. The number of benzene rings is 2. The molecule has 3 rings (SSSR count). The van der Waals surface area contributed by atoms with E-state index in [0.29, 0.717) is 17.0 Å². The Hall–Kier alpha value is -1.35. The van der Waals surface area contributed by atoms with Gasteiger partial charge in [0.2, 0.25) is 0 Å². The van der Waals surface area contributed by atoms with E-state index in [-0.39, 0.29) is 0 Å². The first-order valence-electron chi connectivity index (χ1n) is 10.3. The van der Waals surface area contributed by atoms with Gasteiger partial charge in [-0.15, -0.1) is 0 Å². The zero-order valence-corrected chi connectivity index (χ0v) is 14.9. The molecule has 1 fully saturated rings. The van der Waals surface area contributed by atoms with Gasteiger partial charge in [-0.3, -0.25) is 0 Å². The normalized spacial score (nSPS) is 24.5. The van der Waals surface area contributed by atoms with Crippen LogP contribution in [-0.2, 0) is 10.3 Å². The molecule has 0 bridgehead atoms. The largest absolute Gasteiger partial charge is 0.366 e. The third kappa shape index (κ3) is 3.83. The van der Waals surface area contributed by atoms with Crippen molar-refractivity contribution < 1.29 is 10.2 Å². The molecule has 1 aliphatic rings. The van der Waals surface area contributed by atoms with E-state index in [1.807, 2.05) is 42.3 Å². The number of nitrogens with zero attached hydrogens (tertiary/aromatic N) is 1. The molecule has 0 saturated carbocycles. The van der Waals surface area contributed by atoms with E-state index < -0.39 is 24.6 Å². The monoisotopic (exact) mass is 347 g/mol. The summed E-state index contributed by atoms with van der Waals surface area (Å²) in [6.07, 6.45) is -0.722. The van der Waals surface area contributed by atoms with Crippen LogP contribution in [-0.4, -0.2) is 31.1 Å². The molecule has 0 aliphatic carbocycles. The lowest BCUT2D eigenvalue weighted by Crippen LogP contribution is -2.31. The fourth-order valence-corrected chi connectivity index (χ4v) is 3.23. The zero-order chi connectivity index (χ0) is 20.6. The summed E-state index contributed by atoms with van der Waals surface area (Å²) >= 11 is 6.04. The summed E-state index contributed by atoms with van der Waals surface area (Å²) in [6, 6.07) is 15.9. The second kappa shape index (κ2) is 7.69. The van der Waals surface area contributed by atoms with Crippen molar-refractivity contribution in [2.75, 3.05) is 20.2 Å². The van der Waals surface area contributed by atoms with Crippen molar-refractivity contribution in [2.24, 2.45) is 0 Å². The Bertz CT molecular complexity index is 800. The van der Waals surface area contributed by atoms with E-state index >= 15 is 0 Å². The quantitative estimate of drug-likeness (QED) is 0.720. The van der Waals surface area contributed by atoms with Crippen LogP contribution in [0.15, 0.2) is 54.6 Å². The number of ether oxygens (including phenoxy) is 1. The summed E-state index contributed by atoms with van der Waals surface area (Å²) < 4.78 is 40.4. The summed E-state index contributed by atoms with van der Waals surface area (Å²) in [5, 5.41) is 0.574. The highest BCUT2D eigenvalue weighted by Gasteiger charge is 2.30. The van der Waals surface area contributed by atoms with Crippen LogP contribution in [0.25, 0.3) is 0 Å². The van der Waals surface area contributed by atoms with Gasteiger partial charge in [-0.1, -0.05) is 54.1 Å². The average molecular weight is 348 g/mol. The molecular weight excluding hydrogens is 318 g/mol. The molecular formula is C21H26ClNO. The molecule has 1 saturated heterocycles. The molecule has 1 heterocycles. The Labute approximate surface area is 156 Å². The summed E-state index contributed by atoms with van der Waals surface area (Å²) in [6.45, 7) is 0.0196. The Kier molecular flexibility index (Phi) is 4.14. The Morgan fingerprint density at radius 2 is 1.83 bits per heavy atom. The van der Waals surface area contributed by atoms with E-state index in [4.69, 9.17) is 21.8 Å². The lowest BCUT2D eigenvalue weighted by atomic mass is 9.88. The van der Waals surface area contributed by atoms with Crippen LogP contribution in [0, 0.1) is 0 Å². The van der Waals surface area contributed by atoms with E-state index in [1.54, 1.807) is 31.2 Å². The van der Waals surface area contributed by atoms with Gasteiger partial charge in [0, 0.05) is 20.4 Å². The van der Waals surface area contributed by atoms with Gasteiger partial charge in [0.1, 0.15) is 5.60 Å². The zero-order valence-electron chi connectivity index (χ0n) is 18.1. The molecule has 128 valence electrons. The van der Waals surface area contributed by atoms with Gasteiger partial charge < -0.3 is 9.64 Å². The van der Waals surface area contributed by atoms with Crippen molar-refractivity contribution in [2.45, 2.75) is 37.8 Å². The number of hydrogen-bond acceptors (Lipinski definition) is 2. The molecule has 0 radical (unpaired) electrons. The molecule has 2 nitrogen and oxygen atoms in total. The molecule has 0 amide bonds. The maximum Gasteiger partial charge on any atom is 0.115 e. The van der Waals surface area contributed by atoms with Crippen LogP contribution < -0.4 is 0 Å². The summed E-state index contributed by atoms with van der Waals surface area (Å²) in [7, 11) is 1.83. The predicted molar refractivity (Wildman–Crippen MR) is 101 cm³/mol. The maximum atomic E-state index is 8.60. The number of halogens is 1. The maximum absolute atomic E-state index is 8.60. The van der Waals surface area contributed by atoms with Gasteiger partial charge in [-0.05, 0) is 63.0 Å². The Balaban J connectivity index is 2.02. The Morgan fingerprint density at radius 3 is 2.46 bits per heavy atom. The first-order valence-corrected chi connectivity index (χ1v) is 8.68. The van der Waals surface area contributed by atoms with Crippen molar-refractivity contribution in [3.05, 3.63) is 70.7 Å². The van der Waals surface area contributed by atoms with Gasteiger partial charge in [-0.2, -0.15) is 0 Å². The van der Waals surface area contributed by atoms with Gasteiger partial charge in [0.15, 0.2) is 0 Å². The first kappa shape index (κ1) is 12.9. The van der Waals surface area contributed by atoms with Crippen molar-refractivity contribution in [3.63, 3.8) is 0 Å². The molecule has 2 aromatic rings.